The lowest BCUT2D eigenvalue weighted by Crippen LogP contribution is -2.16. The van der Waals surface area contributed by atoms with Crippen molar-refractivity contribution in [2.45, 2.75) is 0 Å². The lowest BCUT2D eigenvalue weighted by atomic mass is 9.84. The fourth-order valence-corrected chi connectivity index (χ4v) is 9.76. The normalized spacial score (nSPS) is 12.7. The summed E-state index contributed by atoms with van der Waals surface area (Å²) in [5.74, 6) is 3.30. The molecule has 11 aromatic rings. The van der Waals surface area contributed by atoms with Crippen molar-refractivity contribution in [2.75, 3.05) is 9.80 Å². The molecular formula is C58H36N2O2. The van der Waals surface area contributed by atoms with Crippen LogP contribution in [-0.4, -0.2) is 0 Å². The van der Waals surface area contributed by atoms with Gasteiger partial charge in [-0.3, -0.25) is 0 Å². The average molecular weight is 793 g/mol. The Morgan fingerprint density at radius 3 is 1.00 bits per heavy atom. The zero-order valence-electron chi connectivity index (χ0n) is 33.5. The van der Waals surface area contributed by atoms with Crippen LogP contribution in [0.4, 0.5) is 34.1 Å². The molecule has 0 N–H and O–H groups in total. The van der Waals surface area contributed by atoms with Crippen molar-refractivity contribution in [3.05, 3.63) is 218 Å². The van der Waals surface area contributed by atoms with Crippen molar-refractivity contribution in [1.29, 1.82) is 0 Å². The van der Waals surface area contributed by atoms with Gasteiger partial charge < -0.3 is 19.3 Å². The number of para-hydroxylation sites is 8. The zero-order valence-corrected chi connectivity index (χ0v) is 33.5. The van der Waals surface area contributed by atoms with Crippen LogP contribution in [0.3, 0.4) is 0 Å². The van der Waals surface area contributed by atoms with Crippen molar-refractivity contribution in [3.63, 3.8) is 0 Å². The third kappa shape index (κ3) is 5.33. The molecule has 2 aliphatic heterocycles. The van der Waals surface area contributed by atoms with Gasteiger partial charge in [0.1, 0.15) is 0 Å². The first-order valence-corrected chi connectivity index (χ1v) is 21.1. The first kappa shape index (κ1) is 34.5. The predicted octanol–water partition coefficient (Wildman–Crippen LogP) is 16.8. The molecule has 0 radical (unpaired) electrons. The van der Waals surface area contributed by atoms with Crippen molar-refractivity contribution >= 4 is 77.2 Å². The second-order valence-corrected chi connectivity index (χ2v) is 16.1. The minimum absolute atomic E-state index is 0.826. The number of anilines is 6. The topological polar surface area (TPSA) is 24.9 Å². The highest BCUT2D eigenvalue weighted by Gasteiger charge is 2.29. The van der Waals surface area contributed by atoms with E-state index in [0.717, 1.165) is 73.5 Å². The number of hydrogen-bond acceptors (Lipinski definition) is 4. The molecule has 0 saturated heterocycles. The van der Waals surface area contributed by atoms with Gasteiger partial charge in [0.05, 0.1) is 22.7 Å². The Morgan fingerprint density at radius 2 is 0.597 bits per heavy atom. The van der Waals surface area contributed by atoms with Crippen molar-refractivity contribution < 1.29 is 9.47 Å². The molecule has 11 aromatic carbocycles. The third-order valence-corrected chi connectivity index (χ3v) is 12.5. The standard InChI is InChI=1S/C58H36N2O2/c1-3-15-39-33-41(27-25-37(39)13-1)57-45-31-29-43(59-49-17-5-9-21-53(49)61-54-22-10-6-18-50(54)59)35-47(45)58(42-28-26-38-14-2-4-16-40(38)34-42)48-36-44(30-32-46(48)57)60-51-19-7-11-23-55(51)62-56-24-12-8-20-52(56)60/h1-36H. The fraction of sp³-hybridized carbons (Fsp3) is 0. The van der Waals surface area contributed by atoms with E-state index < -0.39 is 0 Å². The molecule has 2 heterocycles. The molecule has 62 heavy (non-hydrogen) atoms. The van der Waals surface area contributed by atoms with Gasteiger partial charge in [0, 0.05) is 11.4 Å². The molecule has 0 unspecified atom stereocenters. The van der Waals surface area contributed by atoms with Crippen molar-refractivity contribution in [3.8, 4) is 45.3 Å². The van der Waals surface area contributed by atoms with E-state index in [-0.39, 0.29) is 0 Å². The largest absolute Gasteiger partial charge is 0.453 e. The Labute approximate surface area is 358 Å². The van der Waals surface area contributed by atoms with Gasteiger partial charge in [-0.05, 0) is 150 Å². The van der Waals surface area contributed by atoms with Gasteiger partial charge in [0.25, 0.3) is 0 Å². The molecular weight excluding hydrogens is 757 g/mol. The van der Waals surface area contributed by atoms with Gasteiger partial charge in [0.15, 0.2) is 23.0 Å². The highest BCUT2D eigenvalue weighted by atomic mass is 16.5. The van der Waals surface area contributed by atoms with Gasteiger partial charge in [-0.1, -0.05) is 133 Å². The summed E-state index contributed by atoms with van der Waals surface area (Å²) < 4.78 is 13.0. The number of nitrogens with zero attached hydrogens (tertiary/aromatic N) is 2. The quantitative estimate of drug-likeness (QED) is 0.166. The van der Waals surface area contributed by atoms with Crippen LogP contribution in [0.5, 0.6) is 23.0 Å². The second-order valence-electron chi connectivity index (χ2n) is 16.1. The molecule has 0 fully saturated rings. The van der Waals surface area contributed by atoms with Crippen LogP contribution in [0.1, 0.15) is 0 Å². The van der Waals surface area contributed by atoms with E-state index in [2.05, 4.69) is 204 Å². The molecule has 290 valence electrons. The lowest BCUT2D eigenvalue weighted by molar-refractivity contribution is 0.477. The van der Waals surface area contributed by atoms with Gasteiger partial charge in [0.2, 0.25) is 0 Å². The molecule has 0 saturated carbocycles. The maximum absolute atomic E-state index is 6.49. The molecule has 2 aliphatic rings. The molecule has 4 nitrogen and oxygen atoms in total. The summed E-state index contributed by atoms with van der Waals surface area (Å²) in [6, 6.07) is 78.4. The van der Waals surface area contributed by atoms with Gasteiger partial charge in [-0.25, -0.2) is 0 Å². The maximum atomic E-state index is 6.49. The summed E-state index contributed by atoms with van der Waals surface area (Å²) in [5, 5.41) is 9.53. The number of hydrogen-bond donors (Lipinski definition) is 0. The maximum Gasteiger partial charge on any atom is 0.151 e. The Bertz CT molecular complexity index is 3380. The first-order valence-electron chi connectivity index (χ1n) is 21.1. The first-order chi connectivity index (χ1) is 30.7. The summed E-state index contributed by atoms with van der Waals surface area (Å²) in [6.45, 7) is 0. The Hall–Kier alpha value is -8.34. The summed E-state index contributed by atoms with van der Waals surface area (Å²) in [7, 11) is 0. The Balaban J connectivity index is 1.16. The van der Waals surface area contributed by atoms with Crippen LogP contribution in [0.25, 0.3) is 65.3 Å². The Kier molecular flexibility index (Phi) is 7.57. The number of ether oxygens (including phenoxy) is 2. The minimum Gasteiger partial charge on any atom is -0.453 e. The molecule has 0 aromatic heterocycles. The van der Waals surface area contributed by atoms with E-state index in [4.69, 9.17) is 9.47 Å². The Morgan fingerprint density at radius 1 is 0.258 bits per heavy atom. The van der Waals surface area contributed by atoms with Crippen LogP contribution in [0.2, 0.25) is 0 Å². The van der Waals surface area contributed by atoms with E-state index in [1.807, 2.05) is 24.3 Å². The average Bonchev–Trinajstić information content (AvgIpc) is 3.33. The summed E-state index contributed by atoms with van der Waals surface area (Å²) in [6.07, 6.45) is 0. The van der Waals surface area contributed by atoms with Gasteiger partial charge >= 0.3 is 0 Å². The van der Waals surface area contributed by atoms with E-state index >= 15 is 0 Å². The second kappa shape index (κ2) is 13.6. The highest BCUT2D eigenvalue weighted by Crippen LogP contribution is 2.54. The van der Waals surface area contributed by atoms with Crippen LogP contribution < -0.4 is 19.3 Å². The van der Waals surface area contributed by atoms with Crippen molar-refractivity contribution in [2.24, 2.45) is 0 Å². The number of benzene rings is 11. The number of fused-ring (bicyclic) bond motifs is 8. The summed E-state index contributed by atoms with van der Waals surface area (Å²) in [4.78, 5) is 4.69. The molecule has 0 atom stereocenters. The van der Waals surface area contributed by atoms with E-state index in [1.54, 1.807) is 0 Å². The minimum atomic E-state index is 0.826. The number of rotatable bonds is 4. The predicted molar refractivity (Wildman–Crippen MR) is 257 cm³/mol. The van der Waals surface area contributed by atoms with E-state index in [1.165, 1.54) is 49.0 Å². The molecule has 0 aliphatic carbocycles. The van der Waals surface area contributed by atoms with Crippen LogP contribution in [0.15, 0.2) is 218 Å². The monoisotopic (exact) mass is 792 g/mol. The van der Waals surface area contributed by atoms with Gasteiger partial charge in [-0.2, -0.15) is 0 Å². The molecule has 0 amide bonds. The van der Waals surface area contributed by atoms with Crippen LogP contribution in [-0.2, 0) is 0 Å². The fourth-order valence-electron chi connectivity index (χ4n) is 9.76. The third-order valence-electron chi connectivity index (χ3n) is 12.5. The molecule has 0 spiro atoms. The summed E-state index contributed by atoms with van der Waals surface area (Å²) >= 11 is 0. The highest BCUT2D eigenvalue weighted by molar-refractivity contribution is 6.23. The molecule has 4 heteroatoms. The zero-order chi connectivity index (χ0) is 40.7. The van der Waals surface area contributed by atoms with E-state index in [0.29, 0.717) is 0 Å². The molecule has 0 bridgehead atoms. The van der Waals surface area contributed by atoms with Gasteiger partial charge in [-0.15, -0.1) is 0 Å². The van der Waals surface area contributed by atoms with E-state index in [9.17, 15) is 0 Å². The van der Waals surface area contributed by atoms with Crippen LogP contribution >= 0.6 is 0 Å². The SMILES string of the molecule is c1ccc2c(c1)Oc1ccccc1N2c1ccc2c(-c3ccc4ccccc4c3)c3ccc(N4c5ccccc5Oc5ccccc54)cc3c(-c3ccc4ccccc4c3)c2c1. The smallest absolute Gasteiger partial charge is 0.151 e. The molecule has 13 rings (SSSR count). The van der Waals surface area contributed by atoms with Crippen LogP contribution in [0, 0.1) is 0 Å². The summed E-state index contributed by atoms with van der Waals surface area (Å²) in [5.41, 5.74) is 10.8. The lowest BCUT2D eigenvalue weighted by Gasteiger charge is -2.33. The van der Waals surface area contributed by atoms with Crippen molar-refractivity contribution in [1.82, 2.24) is 0 Å².